The molecule has 0 unspecified atom stereocenters. The maximum Gasteiger partial charge on any atom is 0.416 e. The smallest absolute Gasteiger partial charge is 0.394 e. The van der Waals surface area contributed by atoms with Crippen molar-refractivity contribution in [2.45, 2.75) is 30.7 Å². The average molecular weight is 453 g/mol. The zero-order valence-corrected chi connectivity index (χ0v) is 16.2. The third-order valence-corrected chi connectivity index (χ3v) is 4.86. The summed E-state index contributed by atoms with van der Waals surface area (Å²) in [5, 5.41) is 33.4. The summed E-state index contributed by atoms with van der Waals surface area (Å²) in [7, 11) is 0. The summed E-state index contributed by atoms with van der Waals surface area (Å²) in [6, 6.07) is 4.37. The molecule has 14 heteroatoms. The van der Waals surface area contributed by atoms with Crippen LogP contribution in [0.15, 0.2) is 35.7 Å². The molecule has 0 spiro atoms. The predicted octanol–water partition coefficient (Wildman–Crippen LogP) is 0.485. The number of nitrogen functional groups attached to an aromatic ring is 1. The van der Waals surface area contributed by atoms with Crippen molar-refractivity contribution in [2.24, 2.45) is 5.10 Å². The zero-order chi connectivity index (χ0) is 23.0. The molecule has 1 fully saturated rings. The predicted molar refractivity (Wildman–Crippen MR) is 105 cm³/mol. The van der Waals surface area contributed by atoms with Gasteiger partial charge in [-0.3, -0.25) is 4.57 Å². The zero-order valence-electron chi connectivity index (χ0n) is 16.2. The number of anilines is 2. The van der Waals surface area contributed by atoms with Crippen LogP contribution in [-0.2, 0) is 10.9 Å². The summed E-state index contributed by atoms with van der Waals surface area (Å²) in [5.41, 5.74) is 8.43. The Morgan fingerprint density at radius 2 is 1.91 bits per heavy atom. The van der Waals surface area contributed by atoms with Crippen LogP contribution in [0.4, 0.5) is 24.9 Å². The first kappa shape index (κ1) is 21.9. The van der Waals surface area contributed by atoms with Crippen LogP contribution >= 0.6 is 0 Å². The van der Waals surface area contributed by atoms with E-state index in [4.69, 9.17) is 10.5 Å². The van der Waals surface area contributed by atoms with Gasteiger partial charge in [-0.15, -0.1) is 0 Å². The molecule has 4 rings (SSSR count). The van der Waals surface area contributed by atoms with E-state index in [0.717, 1.165) is 12.1 Å². The lowest BCUT2D eigenvalue weighted by Crippen LogP contribution is -2.33. The highest BCUT2D eigenvalue weighted by atomic mass is 19.4. The van der Waals surface area contributed by atoms with Gasteiger partial charge in [0.25, 0.3) is 0 Å². The summed E-state index contributed by atoms with van der Waals surface area (Å²) in [4.78, 5) is 12.3. The van der Waals surface area contributed by atoms with Crippen LogP contribution in [0.3, 0.4) is 0 Å². The minimum atomic E-state index is -4.43. The molecule has 1 saturated heterocycles. The summed E-state index contributed by atoms with van der Waals surface area (Å²) in [5.74, 6) is -0.0561. The van der Waals surface area contributed by atoms with Gasteiger partial charge in [-0.25, -0.2) is 10.4 Å². The number of aromatic nitrogens is 4. The Hall–Kier alpha value is -3.33. The highest BCUT2D eigenvalue weighted by Crippen LogP contribution is 2.32. The lowest BCUT2D eigenvalue weighted by Gasteiger charge is -2.16. The number of nitrogens with zero attached hydrogens (tertiary/aromatic N) is 5. The van der Waals surface area contributed by atoms with Gasteiger partial charge in [-0.2, -0.15) is 28.2 Å². The van der Waals surface area contributed by atoms with E-state index in [-0.39, 0.29) is 22.9 Å². The van der Waals surface area contributed by atoms with Crippen molar-refractivity contribution >= 4 is 29.1 Å². The second kappa shape index (κ2) is 8.31. The van der Waals surface area contributed by atoms with Crippen LogP contribution in [-0.4, -0.2) is 66.0 Å². The molecule has 1 aliphatic rings. The number of fused-ring (bicyclic) bond motifs is 1. The molecule has 3 heterocycles. The van der Waals surface area contributed by atoms with Crippen molar-refractivity contribution in [3.8, 4) is 0 Å². The van der Waals surface area contributed by atoms with Crippen molar-refractivity contribution in [2.75, 3.05) is 17.8 Å². The van der Waals surface area contributed by atoms with Gasteiger partial charge in [0.2, 0.25) is 5.95 Å². The lowest BCUT2D eigenvalue weighted by atomic mass is 10.1. The van der Waals surface area contributed by atoms with Crippen molar-refractivity contribution in [1.29, 1.82) is 0 Å². The third-order valence-electron chi connectivity index (χ3n) is 4.86. The number of rotatable bonds is 5. The van der Waals surface area contributed by atoms with Gasteiger partial charge < -0.3 is 25.8 Å². The first-order valence-corrected chi connectivity index (χ1v) is 9.28. The summed E-state index contributed by atoms with van der Waals surface area (Å²) >= 11 is 0. The van der Waals surface area contributed by atoms with E-state index in [0.29, 0.717) is 5.56 Å². The standard InChI is InChI=1S/C18H18F3N7O4/c19-18(20,21)9-3-1-8(2-4-9)5-24-27-17-25-14(22)11-15(26-17)28(7-23-11)16-13(31)12(30)10(6-29)32-16/h1-5,7,10,12-13,16,29-31H,6H2,(H3,22,25,26,27)/t10-,12-,13-,16-/m1/s1. The number of aliphatic hydroxyl groups is 3. The SMILES string of the molecule is Nc1nc(NN=Cc2ccc(C(F)(F)F)cc2)nc2c1ncn2[C@@H]1O[C@H](CO)[C@@H](O)[C@H]1O. The van der Waals surface area contributed by atoms with Gasteiger partial charge in [0.1, 0.15) is 23.8 Å². The van der Waals surface area contributed by atoms with Crippen LogP contribution in [0, 0.1) is 0 Å². The van der Waals surface area contributed by atoms with Crippen molar-refractivity contribution in [3.05, 3.63) is 41.7 Å². The molecule has 0 bridgehead atoms. The Kier molecular flexibility index (Phi) is 5.68. The number of nitrogens with one attached hydrogen (secondary N) is 1. The highest BCUT2D eigenvalue weighted by molar-refractivity contribution is 5.83. The molecular formula is C18H18F3N7O4. The molecule has 1 aliphatic heterocycles. The Labute approximate surface area is 178 Å². The fourth-order valence-corrected chi connectivity index (χ4v) is 3.21. The topological polar surface area (TPSA) is 164 Å². The molecule has 6 N–H and O–H groups in total. The van der Waals surface area contributed by atoms with Gasteiger partial charge in [0.05, 0.1) is 24.7 Å². The second-order valence-electron chi connectivity index (χ2n) is 6.98. The van der Waals surface area contributed by atoms with E-state index in [1.807, 2.05) is 0 Å². The Morgan fingerprint density at radius 1 is 1.19 bits per heavy atom. The van der Waals surface area contributed by atoms with Gasteiger partial charge in [-0.05, 0) is 17.7 Å². The van der Waals surface area contributed by atoms with Gasteiger partial charge in [-0.1, -0.05) is 12.1 Å². The van der Waals surface area contributed by atoms with E-state index in [1.54, 1.807) is 0 Å². The van der Waals surface area contributed by atoms with Crippen LogP contribution in [0.25, 0.3) is 11.2 Å². The van der Waals surface area contributed by atoms with Crippen molar-refractivity contribution in [3.63, 3.8) is 0 Å². The largest absolute Gasteiger partial charge is 0.416 e. The Morgan fingerprint density at radius 3 is 2.53 bits per heavy atom. The normalized spacial score (nSPS) is 23.9. The van der Waals surface area contributed by atoms with Crippen molar-refractivity contribution in [1.82, 2.24) is 19.5 Å². The molecule has 170 valence electrons. The minimum absolute atomic E-state index is 0.00674. The molecule has 11 nitrogen and oxygen atoms in total. The third kappa shape index (κ3) is 4.08. The van der Waals surface area contributed by atoms with Crippen LogP contribution in [0.5, 0.6) is 0 Å². The molecule has 0 aliphatic carbocycles. The maximum atomic E-state index is 12.6. The number of nitrogens with two attached hydrogens (primary N) is 1. The number of hydrogen-bond donors (Lipinski definition) is 5. The monoisotopic (exact) mass is 453 g/mol. The fourth-order valence-electron chi connectivity index (χ4n) is 3.21. The van der Waals surface area contributed by atoms with Crippen LogP contribution < -0.4 is 11.2 Å². The van der Waals surface area contributed by atoms with Gasteiger partial charge in [0, 0.05) is 0 Å². The maximum absolute atomic E-state index is 12.6. The Balaban J connectivity index is 1.55. The molecule has 32 heavy (non-hydrogen) atoms. The number of benzene rings is 1. The second-order valence-corrected chi connectivity index (χ2v) is 6.98. The van der Waals surface area contributed by atoms with Crippen LogP contribution in [0.1, 0.15) is 17.4 Å². The van der Waals surface area contributed by atoms with Crippen molar-refractivity contribution < 1.29 is 33.2 Å². The van der Waals surface area contributed by atoms with E-state index in [2.05, 4.69) is 25.5 Å². The first-order valence-electron chi connectivity index (χ1n) is 9.28. The molecule has 1 aromatic carbocycles. The molecule has 4 atom stereocenters. The number of ether oxygens (including phenoxy) is 1. The molecule has 2 aromatic heterocycles. The molecule has 0 radical (unpaired) electrons. The number of hydrogen-bond acceptors (Lipinski definition) is 10. The molecular weight excluding hydrogens is 435 g/mol. The number of aliphatic hydroxyl groups excluding tert-OH is 3. The average Bonchev–Trinajstić information content (AvgIpc) is 3.29. The minimum Gasteiger partial charge on any atom is -0.394 e. The summed E-state index contributed by atoms with van der Waals surface area (Å²) in [6.45, 7) is -0.496. The van der Waals surface area contributed by atoms with Gasteiger partial charge in [0.15, 0.2) is 17.7 Å². The van der Waals surface area contributed by atoms with E-state index < -0.39 is 42.9 Å². The summed E-state index contributed by atoms with van der Waals surface area (Å²) < 4.78 is 44.7. The molecule has 3 aromatic rings. The van der Waals surface area contributed by atoms with Gasteiger partial charge >= 0.3 is 6.18 Å². The number of hydrazone groups is 1. The first-order chi connectivity index (χ1) is 15.2. The number of alkyl halides is 3. The van der Waals surface area contributed by atoms with E-state index >= 15 is 0 Å². The summed E-state index contributed by atoms with van der Waals surface area (Å²) in [6.07, 6.45) is -6.59. The fraction of sp³-hybridized carbons (Fsp3) is 0.333. The number of imidazole rings is 1. The molecule has 0 saturated carbocycles. The van der Waals surface area contributed by atoms with E-state index in [1.165, 1.54) is 29.2 Å². The highest BCUT2D eigenvalue weighted by Gasteiger charge is 2.44. The lowest BCUT2D eigenvalue weighted by molar-refractivity contribution is -0.137. The molecule has 0 amide bonds. The Bertz CT molecular complexity index is 1140. The van der Waals surface area contributed by atoms with E-state index in [9.17, 15) is 28.5 Å². The quantitative estimate of drug-likeness (QED) is 0.273. The number of halogens is 3. The van der Waals surface area contributed by atoms with Crippen LogP contribution in [0.2, 0.25) is 0 Å².